The van der Waals surface area contributed by atoms with Gasteiger partial charge in [-0.05, 0) is 61.6 Å². The second-order valence-corrected chi connectivity index (χ2v) is 5.18. The van der Waals surface area contributed by atoms with Crippen LogP contribution in [0.1, 0.15) is 56.1 Å². The van der Waals surface area contributed by atoms with Gasteiger partial charge in [0.25, 0.3) is 0 Å². The van der Waals surface area contributed by atoms with Crippen LogP contribution in [0.4, 0.5) is 0 Å². The van der Waals surface area contributed by atoms with Crippen molar-refractivity contribution in [3.8, 4) is 6.07 Å². The normalized spacial score (nSPS) is 24.0. The zero-order valence-electron chi connectivity index (χ0n) is 11.1. The van der Waals surface area contributed by atoms with Gasteiger partial charge in [0.1, 0.15) is 0 Å². The van der Waals surface area contributed by atoms with Gasteiger partial charge in [-0.15, -0.1) is 0 Å². The van der Waals surface area contributed by atoms with Gasteiger partial charge in [-0.3, -0.25) is 0 Å². The molecule has 1 aliphatic carbocycles. The van der Waals surface area contributed by atoms with Crippen molar-refractivity contribution in [2.24, 2.45) is 5.92 Å². The Morgan fingerprint density at radius 2 is 1.83 bits per heavy atom. The summed E-state index contributed by atoms with van der Waals surface area (Å²) in [7, 11) is 0. The van der Waals surface area contributed by atoms with Crippen molar-refractivity contribution >= 4 is 0 Å². The lowest BCUT2D eigenvalue weighted by atomic mass is 9.78. The smallest absolute Gasteiger partial charge is 0.0991 e. The fourth-order valence-electron chi connectivity index (χ4n) is 2.80. The van der Waals surface area contributed by atoms with Gasteiger partial charge in [0, 0.05) is 0 Å². The number of hydrogen-bond acceptors (Lipinski definition) is 1. The SMILES string of the molecule is CCC=C[C@H]1CC[C@H](c2ccc(C#N)cc2)CC1. The van der Waals surface area contributed by atoms with Crippen LogP contribution < -0.4 is 0 Å². The molecule has 1 aliphatic rings. The van der Waals surface area contributed by atoms with Crippen LogP contribution in [0.2, 0.25) is 0 Å². The van der Waals surface area contributed by atoms with E-state index in [2.05, 4.69) is 37.3 Å². The Labute approximate surface area is 110 Å². The summed E-state index contributed by atoms with van der Waals surface area (Å²) in [6.45, 7) is 2.19. The molecule has 2 rings (SSSR count). The Hall–Kier alpha value is -1.55. The Kier molecular flexibility index (Phi) is 4.59. The molecule has 1 saturated carbocycles. The first-order valence-corrected chi connectivity index (χ1v) is 7.00. The molecule has 94 valence electrons. The highest BCUT2D eigenvalue weighted by atomic mass is 14.3. The highest BCUT2D eigenvalue weighted by molar-refractivity contribution is 5.33. The lowest BCUT2D eigenvalue weighted by Crippen LogP contribution is -2.11. The summed E-state index contributed by atoms with van der Waals surface area (Å²) < 4.78 is 0. The van der Waals surface area contributed by atoms with E-state index in [1.807, 2.05) is 12.1 Å². The monoisotopic (exact) mass is 239 g/mol. The molecule has 0 N–H and O–H groups in total. The maximum atomic E-state index is 8.80. The molecule has 1 heteroatoms. The molecule has 0 radical (unpaired) electrons. The summed E-state index contributed by atoms with van der Waals surface area (Å²) >= 11 is 0. The largest absolute Gasteiger partial charge is 0.192 e. The maximum absolute atomic E-state index is 8.80. The van der Waals surface area contributed by atoms with Crippen LogP contribution in [0, 0.1) is 17.2 Å². The van der Waals surface area contributed by atoms with Crippen LogP contribution in [-0.4, -0.2) is 0 Å². The Morgan fingerprint density at radius 1 is 1.17 bits per heavy atom. The first-order chi connectivity index (χ1) is 8.83. The summed E-state index contributed by atoms with van der Waals surface area (Å²) in [5.74, 6) is 1.49. The summed E-state index contributed by atoms with van der Waals surface area (Å²) in [4.78, 5) is 0. The van der Waals surface area contributed by atoms with Crippen molar-refractivity contribution in [3.05, 3.63) is 47.5 Å². The molecule has 0 bridgehead atoms. The van der Waals surface area contributed by atoms with Crippen LogP contribution >= 0.6 is 0 Å². The van der Waals surface area contributed by atoms with Crippen molar-refractivity contribution in [2.45, 2.75) is 44.9 Å². The number of allylic oxidation sites excluding steroid dienone is 2. The molecule has 0 saturated heterocycles. The third-order valence-corrected chi connectivity index (χ3v) is 3.93. The van der Waals surface area contributed by atoms with E-state index in [0.717, 1.165) is 17.9 Å². The zero-order valence-corrected chi connectivity index (χ0v) is 11.1. The van der Waals surface area contributed by atoms with Gasteiger partial charge in [-0.25, -0.2) is 0 Å². The standard InChI is InChI=1S/C17H21N/c1-2-3-4-14-5-9-16(10-6-14)17-11-7-15(13-18)8-12-17/h3-4,7-8,11-12,14,16H,2,5-6,9-10H2,1H3/t14-,16-. The van der Waals surface area contributed by atoms with Gasteiger partial charge < -0.3 is 0 Å². The molecule has 0 aliphatic heterocycles. The first-order valence-electron chi connectivity index (χ1n) is 7.00. The Balaban J connectivity index is 1.93. The van der Waals surface area contributed by atoms with Gasteiger partial charge in [0.05, 0.1) is 11.6 Å². The average molecular weight is 239 g/mol. The maximum Gasteiger partial charge on any atom is 0.0991 e. The van der Waals surface area contributed by atoms with Gasteiger partial charge in [0.15, 0.2) is 0 Å². The van der Waals surface area contributed by atoms with E-state index in [9.17, 15) is 0 Å². The summed E-state index contributed by atoms with van der Waals surface area (Å²) in [6, 6.07) is 10.3. The molecule has 0 atom stereocenters. The zero-order chi connectivity index (χ0) is 12.8. The molecular formula is C17H21N. The minimum atomic E-state index is 0.698. The van der Waals surface area contributed by atoms with Crippen LogP contribution in [0.3, 0.4) is 0 Å². The first kappa shape index (κ1) is 12.9. The van der Waals surface area contributed by atoms with E-state index < -0.39 is 0 Å². The predicted molar refractivity (Wildman–Crippen MR) is 75.3 cm³/mol. The van der Waals surface area contributed by atoms with Crippen LogP contribution in [-0.2, 0) is 0 Å². The number of nitriles is 1. The molecule has 0 heterocycles. The molecule has 0 unspecified atom stereocenters. The summed E-state index contributed by atoms with van der Waals surface area (Å²) in [5, 5.41) is 8.80. The Bertz CT molecular complexity index is 428. The molecule has 1 fully saturated rings. The number of rotatable bonds is 3. The topological polar surface area (TPSA) is 23.8 Å². The van der Waals surface area contributed by atoms with E-state index in [1.54, 1.807) is 0 Å². The van der Waals surface area contributed by atoms with Crippen LogP contribution in [0.15, 0.2) is 36.4 Å². The quantitative estimate of drug-likeness (QED) is 0.695. The second-order valence-electron chi connectivity index (χ2n) is 5.18. The van der Waals surface area contributed by atoms with Gasteiger partial charge in [-0.2, -0.15) is 5.26 Å². The number of nitrogens with zero attached hydrogens (tertiary/aromatic N) is 1. The third kappa shape index (κ3) is 3.23. The average Bonchev–Trinajstić information content (AvgIpc) is 2.46. The fourth-order valence-corrected chi connectivity index (χ4v) is 2.80. The minimum Gasteiger partial charge on any atom is -0.192 e. The van der Waals surface area contributed by atoms with Gasteiger partial charge in [-0.1, -0.05) is 31.2 Å². The molecule has 0 amide bonds. The van der Waals surface area contributed by atoms with Crippen molar-refractivity contribution in [1.29, 1.82) is 5.26 Å². The fraction of sp³-hybridized carbons (Fsp3) is 0.471. The highest BCUT2D eigenvalue weighted by Gasteiger charge is 2.20. The third-order valence-electron chi connectivity index (χ3n) is 3.93. The van der Waals surface area contributed by atoms with Gasteiger partial charge >= 0.3 is 0 Å². The summed E-state index contributed by atoms with van der Waals surface area (Å²) in [6.07, 6.45) is 11.0. The van der Waals surface area contributed by atoms with E-state index in [1.165, 1.54) is 31.2 Å². The molecule has 18 heavy (non-hydrogen) atoms. The van der Waals surface area contributed by atoms with Crippen molar-refractivity contribution < 1.29 is 0 Å². The van der Waals surface area contributed by atoms with E-state index >= 15 is 0 Å². The molecule has 1 aromatic rings. The van der Waals surface area contributed by atoms with Crippen molar-refractivity contribution in [1.82, 2.24) is 0 Å². The second kappa shape index (κ2) is 6.40. The van der Waals surface area contributed by atoms with Crippen molar-refractivity contribution in [3.63, 3.8) is 0 Å². The predicted octanol–water partition coefficient (Wildman–Crippen LogP) is 4.80. The molecule has 1 nitrogen and oxygen atoms in total. The van der Waals surface area contributed by atoms with Crippen molar-refractivity contribution in [2.75, 3.05) is 0 Å². The van der Waals surface area contributed by atoms with Crippen LogP contribution in [0.5, 0.6) is 0 Å². The molecule has 0 spiro atoms. The van der Waals surface area contributed by atoms with E-state index in [-0.39, 0.29) is 0 Å². The summed E-state index contributed by atoms with van der Waals surface area (Å²) in [5.41, 5.74) is 2.17. The number of hydrogen-bond donors (Lipinski definition) is 0. The lowest BCUT2D eigenvalue weighted by Gasteiger charge is -2.27. The number of benzene rings is 1. The molecular weight excluding hydrogens is 218 g/mol. The van der Waals surface area contributed by atoms with Gasteiger partial charge in [0.2, 0.25) is 0 Å². The van der Waals surface area contributed by atoms with E-state index in [4.69, 9.17) is 5.26 Å². The molecule has 1 aromatic carbocycles. The molecule has 0 aromatic heterocycles. The lowest BCUT2D eigenvalue weighted by molar-refractivity contribution is 0.375. The van der Waals surface area contributed by atoms with Crippen LogP contribution in [0.25, 0.3) is 0 Å². The Morgan fingerprint density at radius 3 is 2.39 bits per heavy atom. The highest BCUT2D eigenvalue weighted by Crippen LogP contribution is 2.36. The van der Waals surface area contributed by atoms with E-state index in [0.29, 0.717) is 5.92 Å². The minimum absolute atomic E-state index is 0.698.